The summed E-state index contributed by atoms with van der Waals surface area (Å²) in [5, 5.41) is 12.0. The molecule has 0 fully saturated rings. The van der Waals surface area contributed by atoms with Crippen LogP contribution in [0.2, 0.25) is 0 Å². The Bertz CT molecular complexity index is 504. The lowest BCUT2D eigenvalue weighted by molar-refractivity contribution is 0.00647. The Morgan fingerprint density at radius 1 is 1.42 bits per heavy atom. The largest absolute Gasteiger partial charge is 0.456 e. The van der Waals surface area contributed by atoms with Crippen molar-refractivity contribution < 1.29 is 19.1 Å². The minimum Gasteiger partial charge on any atom is -0.456 e. The van der Waals surface area contributed by atoms with E-state index >= 15 is 0 Å². The Kier molecular flexibility index (Phi) is 4.64. The predicted molar refractivity (Wildman–Crippen MR) is 70.2 cm³/mol. The van der Waals surface area contributed by atoms with Crippen LogP contribution in [0, 0.1) is 5.82 Å². The van der Waals surface area contributed by atoms with Crippen LogP contribution in [0.5, 0.6) is 0 Å². The average molecular weight is 267 g/mol. The van der Waals surface area contributed by atoms with Crippen molar-refractivity contribution >= 4 is 11.7 Å². The molecule has 0 aliphatic carbocycles. The maximum absolute atomic E-state index is 13.7. The van der Waals surface area contributed by atoms with E-state index in [0.717, 1.165) is 6.07 Å². The number of carbonyl (C=O) groups is 1. The molecule has 4 nitrogen and oxygen atoms in total. The Labute approximate surface area is 111 Å². The van der Waals surface area contributed by atoms with Crippen LogP contribution in [0.4, 0.5) is 4.39 Å². The highest BCUT2D eigenvalue weighted by molar-refractivity contribution is 6.02. The van der Waals surface area contributed by atoms with Gasteiger partial charge < -0.3 is 9.94 Å². The van der Waals surface area contributed by atoms with E-state index in [1.807, 2.05) is 0 Å². The summed E-state index contributed by atoms with van der Waals surface area (Å²) >= 11 is 0. The molecule has 1 N–H and O–H groups in total. The summed E-state index contributed by atoms with van der Waals surface area (Å²) in [5.74, 6) is -1.40. The van der Waals surface area contributed by atoms with Gasteiger partial charge in [-0.05, 0) is 39.3 Å². The average Bonchev–Trinajstić information content (AvgIpc) is 2.30. The lowest BCUT2D eigenvalue weighted by Gasteiger charge is -2.19. The molecule has 0 radical (unpaired) electrons. The quantitative estimate of drug-likeness (QED) is 0.395. The number of esters is 1. The zero-order valence-electron chi connectivity index (χ0n) is 11.5. The molecule has 0 saturated carbocycles. The van der Waals surface area contributed by atoms with Gasteiger partial charge in [0.15, 0.2) is 0 Å². The van der Waals surface area contributed by atoms with Crippen LogP contribution >= 0.6 is 0 Å². The number of carbonyl (C=O) groups excluding carboxylic acids is 1. The lowest BCUT2D eigenvalue weighted by Crippen LogP contribution is -2.24. The van der Waals surface area contributed by atoms with Crippen molar-refractivity contribution in [2.75, 3.05) is 0 Å². The molecule has 5 heteroatoms. The molecular weight excluding hydrogens is 249 g/mol. The Morgan fingerprint density at radius 2 is 2.05 bits per heavy atom. The smallest absolute Gasteiger partial charge is 0.341 e. The third-order valence-corrected chi connectivity index (χ3v) is 2.37. The fraction of sp³-hybridized carbons (Fsp3) is 0.429. The van der Waals surface area contributed by atoms with Gasteiger partial charge in [-0.2, -0.15) is 0 Å². The van der Waals surface area contributed by atoms with Crippen LogP contribution in [0.3, 0.4) is 0 Å². The summed E-state index contributed by atoms with van der Waals surface area (Å²) in [5.41, 5.74) is 0.0112. The second kappa shape index (κ2) is 5.82. The molecule has 0 spiro atoms. The van der Waals surface area contributed by atoms with Crippen molar-refractivity contribution in [3.05, 3.63) is 35.1 Å². The van der Waals surface area contributed by atoms with Gasteiger partial charge in [0, 0.05) is 5.56 Å². The highest BCUT2D eigenvalue weighted by atomic mass is 19.1. The molecule has 104 valence electrons. The van der Waals surface area contributed by atoms with E-state index in [4.69, 9.17) is 9.94 Å². The molecule has 0 heterocycles. The van der Waals surface area contributed by atoms with Crippen LogP contribution in [0.25, 0.3) is 0 Å². The molecule has 0 bridgehead atoms. The summed E-state index contributed by atoms with van der Waals surface area (Å²) in [6, 6.07) is 3.96. The molecule has 1 aromatic carbocycles. The summed E-state index contributed by atoms with van der Waals surface area (Å²) < 4.78 is 18.8. The predicted octanol–water partition coefficient (Wildman–Crippen LogP) is 3.37. The van der Waals surface area contributed by atoms with Crippen molar-refractivity contribution in [2.24, 2.45) is 5.16 Å². The first-order valence-corrected chi connectivity index (χ1v) is 6.02. The lowest BCUT2D eigenvalue weighted by atomic mass is 10.0. The minimum atomic E-state index is -0.736. The molecule has 19 heavy (non-hydrogen) atoms. The second-order valence-corrected chi connectivity index (χ2v) is 5.10. The topological polar surface area (TPSA) is 58.9 Å². The van der Waals surface area contributed by atoms with E-state index in [2.05, 4.69) is 5.16 Å². The van der Waals surface area contributed by atoms with Crippen molar-refractivity contribution in [3.63, 3.8) is 0 Å². The van der Waals surface area contributed by atoms with Gasteiger partial charge in [-0.3, -0.25) is 0 Å². The number of hydrogen-bond acceptors (Lipinski definition) is 4. The van der Waals surface area contributed by atoms with Crippen molar-refractivity contribution in [2.45, 2.75) is 39.7 Å². The third-order valence-electron chi connectivity index (χ3n) is 2.37. The van der Waals surface area contributed by atoms with Crippen molar-refractivity contribution in [3.8, 4) is 0 Å². The normalized spacial score (nSPS) is 12.4. The first-order chi connectivity index (χ1) is 8.78. The molecule has 0 unspecified atom stereocenters. The Balaban J connectivity index is 3.14. The molecule has 1 rings (SSSR count). The Morgan fingerprint density at radius 3 is 2.53 bits per heavy atom. The number of rotatable bonds is 3. The SMILES string of the molecule is CCC(=NO)c1ccc(F)c(C(=O)OC(C)(C)C)c1. The summed E-state index contributed by atoms with van der Waals surface area (Å²) in [7, 11) is 0. The Hall–Kier alpha value is -1.91. The van der Waals surface area contributed by atoms with Gasteiger partial charge in [0.1, 0.15) is 11.4 Å². The summed E-state index contributed by atoms with van der Waals surface area (Å²) in [6.07, 6.45) is 0.468. The molecule has 1 aromatic rings. The van der Waals surface area contributed by atoms with Gasteiger partial charge in [-0.1, -0.05) is 18.1 Å². The molecular formula is C14H18FNO3. The number of nitrogens with zero attached hydrogens (tertiary/aromatic N) is 1. The summed E-state index contributed by atoms with van der Waals surface area (Å²) in [6.45, 7) is 6.92. The minimum absolute atomic E-state index is 0.165. The second-order valence-electron chi connectivity index (χ2n) is 5.10. The number of benzene rings is 1. The highest BCUT2D eigenvalue weighted by Crippen LogP contribution is 2.17. The zero-order valence-corrected chi connectivity index (χ0v) is 11.5. The van der Waals surface area contributed by atoms with E-state index in [9.17, 15) is 9.18 Å². The van der Waals surface area contributed by atoms with Crippen molar-refractivity contribution in [1.29, 1.82) is 0 Å². The monoisotopic (exact) mass is 267 g/mol. The van der Waals surface area contributed by atoms with E-state index < -0.39 is 17.4 Å². The molecule has 0 aromatic heterocycles. The van der Waals surface area contributed by atoms with Gasteiger partial charge in [0.25, 0.3) is 0 Å². The van der Waals surface area contributed by atoms with E-state index in [1.165, 1.54) is 12.1 Å². The highest BCUT2D eigenvalue weighted by Gasteiger charge is 2.21. The third kappa shape index (κ3) is 4.05. The van der Waals surface area contributed by atoms with Crippen LogP contribution < -0.4 is 0 Å². The fourth-order valence-electron chi connectivity index (χ4n) is 1.53. The molecule has 0 aliphatic rings. The molecule has 0 aliphatic heterocycles. The van der Waals surface area contributed by atoms with E-state index in [0.29, 0.717) is 17.7 Å². The number of ether oxygens (including phenoxy) is 1. The molecule has 0 atom stereocenters. The van der Waals surface area contributed by atoms with Gasteiger partial charge >= 0.3 is 5.97 Å². The zero-order chi connectivity index (χ0) is 14.6. The van der Waals surface area contributed by atoms with E-state index in [-0.39, 0.29) is 5.56 Å². The summed E-state index contributed by atoms with van der Waals surface area (Å²) in [4.78, 5) is 11.9. The fourth-order valence-corrected chi connectivity index (χ4v) is 1.53. The molecule has 0 saturated heterocycles. The molecule has 0 amide bonds. The van der Waals surface area contributed by atoms with E-state index in [1.54, 1.807) is 27.7 Å². The first-order valence-electron chi connectivity index (χ1n) is 6.02. The maximum atomic E-state index is 13.7. The van der Waals surface area contributed by atoms with Gasteiger partial charge in [-0.25, -0.2) is 9.18 Å². The van der Waals surface area contributed by atoms with Gasteiger partial charge in [0.2, 0.25) is 0 Å². The van der Waals surface area contributed by atoms with Crippen LogP contribution in [-0.4, -0.2) is 22.5 Å². The number of halogens is 1. The van der Waals surface area contributed by atoms with Crippen LogP contribution in [0.1, 0.15) is 50.0 Å². The number of hydrogen-bond donors (Lipinski definition) is 1. The van der Waals surface area contributed by atoms with Crippen molar-refractivity contribution in [1.82, 2.24) is 0 Å². The maximum Gasteiger partial charge on any atom is 0.341 e. The standard InChI is InChI=1S/C14H18FNO3/c1-5-12(16-18)9-6-7-11(15)10(8-9)13(17)19-14(2,3)4/h6-8,18H,5H2,1-4H3. The van der Waals surface area contributed by atoms with Gasteiger partial charge in [-0.15, -0.1) is 0 Å². The number of oxime groups is 1. The van der Waals surface area contributed by atoms with Crippen LogP contribution in [0.15, 0.2) is 23.4 Å². The van der Waals surface area contributed by atoms with Crippen LogP contribution in [-0.2, 0) is 4.74 Å². The first kappa shape index (κ1) is 15.1. The van der Waals surface area contributed by atoms with Gasteiger partial charge in [0.05, 0.1) is 11.3 Å².